The van der Waals surface area contributed by atoms with E-state index in [1.54, 1.807) is 4.68 Å². The summed E-state index contributed by atoms with van der Waals surface area (Å²) < 4.78 is 1.72. The molecule has 0 aliphatic carbocycles. The van der Waals surface area contributed by atoms with Gasteiger partial charge in [-0.3, -0.25) is 0 Å². The monoisotopic (exact) mass is 235 g/mol. The lowest BCUT2D eigenvalue weighted by Gasteiger charge is -2.04. The number of nitrogens with two attached hydrogens (primary N) is 1. The molecule has 0 bridgehead atoms. The molecule has 0 aliphatic rings. The van der Waals surface area contributed by atoms with Gasteiger partial charge in [-0.15, -0.1) is 0 Å². The number of aromatic nitrogens is 2. The second-order valence-corrected chi connectivity index (χ2v) is 4.31. The molecule has 0 atom stereocenters. The molecule has 0 aliphatic heterocycles. The van der Waals surface area contributed by atoms with Gasteiger partial charge in [-0.1, -0.05) is 41.4 Å². The van der Waals surface area contributed by atoms with Gasteiger partial charge >= 0.3 is 0 Å². The zero-order valence-corrected chi connectivity index (χ0v) is 10.1. The molecule has 1 aromatic carbocycles. The second-order valence-electron chi connectivity index (χ2n) is 3.93. The van der Waals surface area contributed by atoms with Crippen LogP contribution in [0.2, 0.25) is 5.02 Å². The summed E-state index contributed by atoms with van der Waals surface area (Å²) in [5.74, 6) is 0.528. The zero-order chi connectivity index (χ0) is 11.7. The highest BCUT2D eigenvalue weighted by Crippen LogP contribution is 2.22. The van der Waals surface area contributed by atoms with E-state index in [0.717, 1.165) is 11.3 Å². The van der Waals surface area contributed by atoms with Crippen molar-refractivity contribution in [3.05, 3.63) is 46.1 Å². The fraction of sp³-hybridized carbons (Fsp3) is 0.250. The van der Waals surface area contributed by atoms with Crippen LogP contribution in [0.15, 0.2) is 24.3 Å². The Morgan fingerprint density at radius 3 is 2.38 bits per heavy atom. The van der Waals surface area contributed by atoms with E-state index in [1.807, 2.05) is 6.92 Å². The summed E-state index contributed by atoms with van der Waals surface area (Å²) >= 11 is 5.98. The van der Waals surface area contributed by atoms with E-state index in [2.05, 4.69) is 36.3 Å². The molecule has 2 aromatic rings. The highest BCUT2D eigenvalue weighted by atomic mass is 35.5. The predicted octanol–water partition coefficient (Wildman–Crippen LogP) is 2.78. The normalized spacial score (nSPS) is 10.7. The maximum absolute atomic E-state index is 5.98. The highest BCUT2D eigenvalue weighted by Gasteiger charge is 2.09. The van der Waals surface area contributed by atoms with E-state index < -0.39 is 0 Å². The minimum Gasteiger partial charge on any atom is -0.383 e. The summed E-state index contributed by atoms with van der Waals surface area (Å²) in [6.07, 6.45) is 0. The predicted molar refractivity (Wildman–Crippen MR) is 66.7 cm³/mol. The van der Waals surface area contributed by atoms with Crippen molar-refractivity contribution in [1.82, 2.24) is 9.78 Å². The van der Waals surface area contributed by atoms with Crippen LogP contribution in [0.25, 0.3) is 0 Å². The van der Waals surface area contributed by atoms with Gasteiger partial charge in [-0.05, 0) is 19.4 Å². The summed E-state index contributed by atoms with van der Waals surface area (Å²) in [5.41, 5.74) is 9.02. The highest BCUT2D eigenvalue weighted by molar-refractivity contribution is 6.33. The molecule has 3 nitrogen and oxygen atoms in total. The first-order valence-corrected chi connectivity index (χ1v) is 5.49. The number of nitrogen functional groups attached to an aromatic ring is 1. The van der Waals surface area contributed by atoms with Crippen LogP contribution >= 0.6 is 11.6 Å². The van der Waals surface area contributed by atoms with E-state index in [1.165, 1.54) is 5.56 Å². The van der Waals surface area contributed by atoms with Crippen molar-refractivity contribution >= 4 is 17.4 Å². The average molecular weight is 236 g/mol. The number of anilines is 1. The number of benzene rings is 1. The molecule has 0 fully saturated rings. The van der Waals surface area contributed by atoms with Crippen LogP contribution in [-0.4, -0.2) is 9.78 Å². The molecule has 1 aromatic heterocycles. The van der Waals surface area contributed by atoms with E-state index in [4.69, 9.17) is 17.3 Å². The Morgan fingerprint density at radius 2 is 1.88 bits per heavy atom. The third-order valence-electron chi connectivity index (χ3n) is 2.54. The standard InChI is InChI=1S/C12H14ClN3/c1-8-3-5-10(6-4-8)7-16-12(14)11(13)9(2)15-16/h3-6H,7,14H2,1-2H3. The Balaban J connectivity index is 2.27. The molecule has 0 saturated heterocycles. The van der Waals surface area contributed by atoms with Crippen molar-refractivity contribution in [2.45, 2.75) is 20.4 Å². The number of hydrogen-bond donors (Lipinski definition) is 1. The van der Waals surface area contributed by atoms with Gasteiger partial charge in [0.05, 0.1) is 12.2 Å². The Hall–Kier alpha value is -1.48. The van der Waals surface area contributed by atoms with Crippen LogP contribution in [0.1, 0.15) is 16.8 Å². The number of aryl methyl sites for hydroxylation is 2. The van der Waals surface area contributed by atoms with Crippen molar-refractivity contribution < 1.29 is 0 Å². The van der Waals surface area contributed by atoms with Crippen molar-refractivity contribution in [1.29, 1.82) is 0 Å². The van der Waals surface area contributed by atoms with Gasteiger partial charge in [0.1, 0.15) is 10.8 Å². The zero-order valence-electron chi connectivity index (χ0n) is 9.37. The minimum atomic E-state index is 0.528. The number of hydrogen-bond acceptors (Lipinski definition) is 2. The third kappa shape index (κ3) is 2.04. The van der Waals surface area contributed by atoms with Crippen molar-refractivity contribution in [3.63, 3.8) is 0 Å². The van der Waals surface area contributed by atoms with Crippen LogP contribution in [0, 0.1) is 13.8 Å². The lowest BCUT2D eigenvalue weighted by molar-refractivity contribution is 0.689. The Bertz CT molecular complexity index is 500. The molecule has 4 heteroatoms. The van der Waals surface area contributed by atoms with Crippen LogP contribution in [0.5, 0.6) is 0 Å². The Kier molecular flexibility index (Phi) is 2.88. The average Bonchev–Trinajstić information content (AvgIpc) is 2.50. The van der Waals surface area contributed by atoms with Crippen LogP contribution < -0.4 is 5.73 Å². The molecular weight excluding hydrogens is 222 g/mol. The van der Waals surface area contributed by atoms with Crippen molar-refractivity contribution in [2.75, 3.05) is 5.73 Å². The maximum atomic E-state index is 5.98. The van der Waals surface area contributed by atoms with Gasteiger partial charge in [0, 0.05) is 0 Å². The lowest BCUT2D eigenvalue weighted by atomic mass is 10.1. The van der Waals surface area contributed by atoms with Gasteiger partial charge in [0.15, 0.2) is 0 Å². The van der Waals surface area contributed by atoms with Gasteiger partial charge in [-0.2, -0.15) is 5.10 Å². The molecule has 0 spiro atoms. The van der Waals surface area contributed by atoms with E-state index in [0.29, 0.717) is 17.4 Å². The van der Waals surface area contributed by atoms with Gasteiger partial charge in [-0.25, -0.2) is 4.68 Å². The molecular formula is C12H14ClN3. The first-order valence-electron chi connectivity index (χ1n) is 5.12. The minimum absolute atomic E-state index is 0.528. The SMILES string of the molecule is Cc1ccc(Cn2nc(C)c(Cl)c2N)cc1. The molecule has 1 heterocycles. The van der Waals surface area contributed by atoms with E-state index in [-0.39, 0.29) is 0 Å². The molecule has 16 heavy (non-hydrogen) atoms. The molecule has 0 radical (unpaired) electrons. The third-order valence-corrected chi connectivity index (χ3v) is 3.01. The second kappa shape index (κ2) is 4.18. The maximum Gasteiger partial charge on any atom is 0.141 e. The summed E-state index contributed by atoms with van der Waals surface area (Å²) in [4.78, 5) is 0. The van der Waals surface area contributed by atoms with Gasteiger partial charge in [0.2, 0.25) is 0 Å². The summed E-state index contributed by atoms with van der Waals surface area (Å²) in [6.45, 7) is 4.57. The van der Waals surface area contributed by atoms with Crippen LogP contribution in [0.4, 0.5) is 5.82 Å². The molecule has 2 rings (SSSR count). The van der Waals surface area contributed by atoms with Gasteiger partial charge < -0.3 is 5.73 Å². The first-order chi connectivity index (χ1) is 7.58. The molecule has 0 unspecified atom stereocenters. The molecule has 0 amide bonds. The molecule has 84 valence electrons. The summed E-state index contributed by atoms with van der Waals surface area (Å²) in [6, 6.07) is 8.28. The van der Waals surface area contributed by atoms with Crippen LogP contribution in [0.3, 0.4) is 0 Å². The molecule has 0 saturated carbocycles. The number of halogens is 1. The van der Waals surface area contributed by atoms with Crippen molar-refractivity contribution in [3.8, 4) is 0 Å². The van der Waals surface area contributed by atoms with Gasteiger partial charge in [0.25, 0.3) is 0 Å². The summed E-state index contributed by atoms with van der Waals surface area (Å²) in [5, 5.41) is 4.84. The Labute approximate surface area is 99.8 Å². The fourth-order valence-electron chi connectivity index (χ4n) is 1.56. The van der Waals surface area contributed by atoms with Crippen molar-refractivity contribution in [2.24, 2.45) is 0 Å². The lowest BCUT2D eigenvalue weighted by Crippen LogP contribution is -2.05. The topological polar surface area (TPSA) is 43.8 Å². The largest absolute Gasteiger partial charge is 0.383 e. The van der Waals surface area contributed by atoms with Crippen LogP contribution in [-0.2, 0) is 6.54 Å². The first kappa shape index (κ1) is 11.0. The van der Waals surface area contributed by atoms with E-state index in [9.17, 15) is 0 Å². The smallest absolute Gasteiger partial charge is 0.141 e. The number of rotatable bonds is 2. The number of nitrogens with zero attached hydrogens (tertiary/aromatic N) is 2. The Morgan fingerprint density at radius 1 is 1.25 bits per heavy atom. The molecule has 2 N–H and O–H groups in total. The summed E-state index contributed by atoms with van der Waals surface area (Å²) in [7, 11) is 0. The fourth-order valence-corrected chi connectivity index (χ4v) is 1.70. The van der Waals surface area contributed by atoms with E-state index >= 15 is 0 Å². The quantitative estimate of drug-likeness (QED) is 0.870.